The fraction of sp³-hybridized carbons (Fsp3) is 0.300. The third-order valence-corrected chi connectivity index (χ3v) is 2.02. The van der Waals surface area contributed by atoms with Gasteiger partial charge in [-0.2, -0.15) is 0 Å². The molecule has 2 N–H and O–H groups in total. The fourth-order valence-electron chi connectivity index (χ4n) is 1.26. The molecular formula is C10H13NO4. The van der Waals surface area contributed by atoms with Crippen LogP contribution in [0.5, 0.6) is 11.5 Å². The van der Waals surface area contributed by atoms with Crippen molar-refractivity contribution in [1.29, 1.82) is 0 Å². The highest BCUT2D eigenvalue weighted by Gasteiger charge is 2.15. The van der Waals surface area contributed by atoms with Crippen molar-refractivity contribution in [3.8, 4) is 11.5 Å². The second-order valence-corrected chi connectivity index (χ2v) is 2.81. The van der Waals surface area contributed by atoms with Crippen LogP contribution in [-0.2, 0) is 0 Å². The minimum absolute atomic E-state index is 0.0997. The number of hydrogen-bond donors (Lipinski definition) is 2. The Labute approximate surface area is 87.6 Å². The summed E-state index contributed by atoms with van der Waals surface area (Å²) in [6.45, 7) is 0. The normalized spacial score (nSPS) is 9.53. The second-order valence-electron chi connectivity index (χ2n) is 2.81. The van der Waals surface area contributed by atoms with Gasteiger partial charge in [0.1, 0.15) is 17.1 Å². The molecule has 5 heteroatoms. The van der Waals surface area contributed by atoms with Gasteiger partial charge < -0.3 is 19.9 Å². The van der Waals surface area contributed by atoms with E-state index in [1.54, 1.807) is 7.05 Å². The predicted octanol–water partition coefficient (Wildman–Crippen LogP) is 1.44. The number of rotatable bonds is 4. The van der Waals surface area contributed by atoms with Crippen molar-refractivity contribution < 1.29 is 19.4 Å². The lowest BCUT2D eigenvalue weighted by molar-refractivity contribution is 0.0693. The maximum Gasteiger partial charge on any atom is 0.339 e. The largest absolute Gasteiger partial charge is 0.496 e. The van der Waals surface area contributed by atoms with Crippen molar-refractivity contribution in [2.24, 2.45) is 0 Å². The number of methoxy groups -OCH3 is 2. The maximum absolute atomic E-state index is 10.9. The van der Waals surface area contributed by atoms with Gasteiger partial charge in [-0.3, -0.25) is 0 Å². The monoisotopic (exact) mass is 211 g/mol. The van der Waals surface area contributed by atoms with Crippen molar-refractivity contribution in [3.05, 3.63) is 17.7 Å². The first-order chi connectivity index (χ1) is 7.13. The van der Waals surface area contributed by atoms with Crippen molar-refractivity contribution in [2.75, 3.05) is 26.6 Å². The number of carboxylic acids is 1. The number of ether oxygens (including phenoxy) is 2. The average molecular weight is 211 g/mol. The number of nitrogens with one attached hydrogen (secondary N) is 1. The summed E-state index contributed by atoms with van der Waals surface area (Å²) < 4.78 is 10.0. The molecule has 1 rings (SSSR count). The molecule has 0 aliphatic heterocycles. The van der Waals surface area contributed by atoms with E-state index in [4.69, 9.17) is 14.6 Å². The highest BCUT2D eigenvalue weighted by atomic mass is 16.5. The van der Waals surface area contributed by atoms with Gasteiger partial charge in [-0.1, -0.05) is 0 Å². The van der Waals surface area contributed by atoms with Gasteiger partial charge in [0.05, 0.1) is 19.9 Å². The van der Waals surface area contributed by atoms with E-state index in [1.807, 2.05) is 0 Å². The first-order valence-corrected chi connectivity index (χ1v) is 4.31. The van der Waals surface area contributed by atoms with E-state index in [2.05, 4.69) is 5.32 Å². The molecule has 1 aromatic carbocycles. The highest BCUT2D eigenvalue weighted by Crippen LogP contribution is 2.32. The van der Waals surface area contributed by atoms with Crippen molar-refractivity contribution in [1.82, 2.24) is 0 Å². The number of anilines is 1. The Morgan fingerprint density at radius 3 is 2.27 bits per heavy atom. The molecule has 5 nitrogen and oxygen atoms in total. The van der Waals surface area contributed by atoms with Crippen LogP contribution >= 0.6 is 0 Å². The molecule has 0 radical (unpaired) electrons. The van der Waals surface area contributed by atoms with Crippen LogP contribution in [0.1, 0.15) is 10.4 Å². The summed E-state index contributed by atoms with van der Waals surface area (Å²) in [4.78, 5) is 10.9. The lowest BCUT2D eigenvalue weighted by atomic mass is 10.1. The number of carboxylic acid groups (broad SMARTS) is 1. The fourth-order valence-corrected chi connectivity index (χ4v) is 1.26. The van der Waals surface area contributed by atoms with Gasteiger partial charge in [-0.25, -0.2) is 4.79 Å². The Balaban J connectivity index is 3.34. The summed E-state index contributed by atoms with van der Waals surface area (Å²) in [7, 11) is 4.62. The Morgan fingerprint density at radius 1 is 1.27 bits per heavy atom. The van der Waals surface area contributed by atoms with Crippen LogP contribution in [0.25, 0.3) is 0 Å². The summed E-state index contributed by atoms with van der Waals surface area (Å²) >= 11 is 0. The van der Waals surface area contributed by atoms with E-state index in [0.29, 0.717) is 11.4 Å². The minimum atomic E-state index is -1.04. The van der Waals surface area contributed by atoms with Crippen LogP contribution in [0.2, 0.25) is 0 Å². The van der Waals surface area contributed by atoms with Crippen molar-refractivity contribution in [2.45, 2.75) is 0 Å². The first kappa shape index (κ1) is 11.2. The summed E-state index contributed by atoms with van der Waals surface area (Å²) in [6, 6.07) is 3.01. The molecule has 0 amide bonds. The van der Waals surface area contributed by atoms with Crippen LogP contribution < -0.4 is 14.8 Å². The molecule has 15 heavy (non-hydrogen) atoms. The molecule has 0 spiro atoms. The molecule has 0 unspecified atom stereocenters. The third-order valence-electron chi connectivity index (χ3n) is 2.02. The number of carbonyl (C=O) groups is 1. The SMILES string of the molecule is CNc1cc(C(=O)O)c(OC)cc1OC. The summed E-state index contributed by atoms with van der Waals surface area (Å²) in [5, 5.41) is 11.8. The van der Waals surface area contributed by atoms with Gasteiger partial charge in [0.15, 0.2) is 0 Å². The average Bonchev–Trinajstić information content (AvgIpc) is 2.26. The molecule has 0 bridgehead atoms. The lowest BCUT2D eigenvalue weighted by Crippen LogP contribution is -2.03. The predicted molar refractivity (Wildman–Crippen MR) is 56.1 cm³/mol. The van der Waals surface area contributed by atoms with E-state index in [-0.39, 0.29) is 11.3 Å². The van der Waals surface area contributed by atoms with Crippen LogP contribution in [-0.4, -0.2) is 32.3 Å². The zero-order chi connectivity index (χ0) is 11.4. The lowest BCUT2D eigenvalue weighted by Gasteiger charge is -2.12. The van der Waals surface area contributed by atoms with E-state index in [9.17, 15) is 4.79 Å². The third kappa shape index (κ3) is 2.12. The van der Waals surface area contributed by atoms with Crippen LogP contribution in [0, 0.1) is 0 Å². The van der Waals surface area contributed by atoms with Gasteiger partial charge >= 0.3 is 5.97 Å². The minimum Gasteiger partial charge on any atom is -0.496 e. The van der Waals surface area contributed by atoms with Gasteiger partial charge in [0.25, 0.3) is 0 Å². The molecule has 0 aromatic heterocycles. The van der Waals surface area contributed by atoms with E-state index >= 15 is 0 Å². The molecule has 0 saturated heterocycles. The first-order valence-electron chi connectivity index (χ1n) is 4.31. The zero-order valence-corrected chi connectivity index (χ0v) is 8.83. The molecule has 0 fully saturated rings. The van der Waals surface area contributed by atoms with Gasteiger partial charge in [0, 0.05) is 13.1 Å². The van der Waals surface area contributed by atoms with E-state index in [0.717, 1.165) is 0 Å². The highest BCUT2D eigenvalue weighted by molar-refractivity contribution is 5.93. The molecule has 0 atom stereocenters. The van der Waals surface area contributed by atoms with Crippen molar-refractivity contribution in [3.63, 3.8) is 0 Å². The zero-order valence-electron chi connectivity index (χ0n) is 8.83. The van der Waals surface area contributed by atoms with Gasteiger partial charge in [0.2, 0.25) is 0 Å². The Bertz CT molecular complexity index is 376. The molecule has 0 saturated carbocycles. The number of benzene rings is 1. The quantitative estimate of drug-likeness (QED) is 0.788. The molecule has 82 valence electrons. The van der Waals surface area contributed by atoms with E-state index in [1.165, 1.54) is 26.4 Å². The Hall–Kier alpha value is -1.91. The van der Waals surface area contributed by atoms with Gasteiger partial charge in [-0.05, 0) is 6.07 Å². The molecule has 1 aromatic rings. The Kier molecular flexibility index (Phi) is 3.38. The molecular weight excluding hydrogens is 198 g/mol. The molecule has 0 heterocycles. The molecule has 0 aliphatic rings. The van der Waals surface area contributed by atoms with E-state index < -0.39 is 5.97 Å². The van der Waals surface area contributed by atoms with Crippen LogP contribution in [0.3, 0.4) is 0 Å². The van der Waals surface area contributed by atoms with Crippen LogP contribution in [0.15, 0.2) is 12.1 Å². The molecule has 0 aliphatic carbocycles. The number of aromatic carboxylic acids is 1. The Morgan fingerprint density at radius 2 is 1.87 bits per heavy atom. The smallest absolute Gasteiger partial charge is 0.339 e. The van der Waals surface area contributed by atoms with Crippen molar-refractivity contribution >= 4 is 11.7 Å². The second kappa shape index (κ2) is 4.54. The van der Waals surface area contributed by atoms with Crippen LogP contribution in [0.4, 0.5) is 5.69 Å². The summed E-state index contributed by atoms with van der Waals surface area (Å²) in [6.07, 6.45) is 0. The standard InChI is InChI=1S/C10H13NO4/c1-11-7-4-6(10(12)13)8(14-2)5-9(7)15-3/h4-5,11H,1-3H3,(H,12,13). The number of hydrogen-bond acceptors (Lipinski definition) is 4. The summed E-state index contributed by atoms with van der Waals surface area (Å²) in [5.74, 6) is -0.219. The van der Waals surface area contributed by atoms with Gasteiger partial charge in [-0.15, -0.1) is 0 Å². The maximum atomic E-state index is 10.9. The topological polar surface area (TPSA) is 67.8 Å². The summed E-state index contributed by atoms with van der Waals surface area (Å²) in [5.41, 5.74) is 0.707.